The van der Waals surface area contributed by atoms with Gasteiger partial charge < -0.3 is 63.0 Å². The fourth-order valence-electron chi connectivity index (χ4n) is 12.1. The normalized spacial score (nSPS) is 17.3. The maximum Gasteiger partial charge on any atom is 0.327 e. The molecule has 95 heavy (non-hydrogen) atoms. The number of H-pyrrole nitrogens is 3. The van der Waals surface area contributed by atoms with Crippen LogP contribution < -0.4 is 48.9 Å². The number of nitrogens with two attached hydrogens (primary N) is 2. The number of benzene rings is 1. The second kappa shape index (κ2) is 29.9. The van der Waals surface area contributed by atoms with Gasteiger partial charge in [-0.3, -0.25) is 64.0 Å². The molecule has 16 N–H and O–H groups in total. The van der Waals surface area contributed by atoms with Gasteiger partial charge in [-0.1, -0.05) is 42.4 Å². The van der Waals surface area contributed by atoms with Crippen LogP contribution in [0.3, 0.4) is 0 Å². The molecule has 1 aliphatic carbocycles. The third-order valence-corrected chi connectivity index (χ3v) is 19.4. The van der Waals surface area contributed by atoms with Gasteiger partial charge in [0.2, 0.25) is 29.6 Å². The number of ether oxygens (including phenoxy) is 1. The Balaban J connectivity index is 0.831. The van der Waals surface area contributed by atoms with Gasteiger partial charge in [-0.2, -0.15) is 4.98 Å². The molecule has 1 unspecified atom stereocenters. The van der Waals surface area contributed by atoms with E-state index >= 15 is 0 Å². The molecule has 5 amide bonds. The number of guanidine groups is 1. The second-order valence-electron chi connectivity index (χ2n) is 23.3. The lowest BCUT2D eigenvalue weighted by Crippen LogP contribution is -2.54. The van der Waals surface area contributed by atoms with Gasteiger partial charge in [0, 0.05) is 118 Å². The molecule has 7 heterocycles. The number of nitrogens with zero attached hydrogens (tertiary/aromatic N) is 5. The zero-order valence-electron chi connectivity index (χ0n) is 52.9. The number of hydrogen-bond acceptors (Lipinski definition) is 21. The number of rotatable bonds is 27. The van der Waals surface area contributed by atoms with Gasteiger partial charge in [-0.15, -0.1) is 0 Å². The molecule has 30 nitrogen and oxygen atoms in total. The van der Waals surface area contributed by atoms with Crippen LogP contribution in [-0.4, -0.2) is 159 Å². The lowest BCUT2D eigenvalue weighted by molar-refractivity contribution is -0.141. The number of amides is 5. The molecule has 0 saturated carbocycles. The summed E-state index contributed by atoms with van der Waals surface area (Å²) in [6.45, 7) is 11.0. The zero-order valence-corrected chi connectivity index (χ0v) is 54.5. The van der Waals surface area contributed by atoms with E-state index in [1.165, 1.54) is 43.2 Å². The zero-order chi connectivity index (χ0) is 68.7. The van der Waals surface area contributed by atoms with Gasteiger partial charge in [-0.05, 0) is 93.6 Å². The summed E-state index contributed by atoms with van der Waals surface area (Å²) in [5.74, 6) is -10.0. The summed E-state index contributed by atoms with van der Waals surface area (Å²) < 4.78 is 5.15. The molecule has 0 fully saturated rings. The first-order chi connectivity index (χ1) is 45.3. The Kier molecular flexibility index (Phi) is 21.8. The third kappa shape index (κ3) is 15.6. The monoisotopic (exact) mass is 1340 g/mol. The summed E-state index contributed by atoms with van der Waals surface area (Å²) in [6, 6.07) is 7.26. The molecule has 5 aromatic heterocycles. The number of carbonyl (C=O) groups is 9. The molecular formula is C63H73N17O13S2. The summed E-state index contributed by atoms with van der Waals surface area (Å²) in [5.41, 5.74) is 18.9. The predicted molar refractivity (Wildman–Crippen MR) is 355 cm³/mol. The van der Waals surface area contributed by atoms with Crippen LogP contribution in [0.15, 0.2) is 53.5 Å². The van der Waals surface area contributed by atoms with Crippen molar-refractivity contribution in [1.29, 1.82) is 5.41 Å². The van der Waals surface area contributed by atoms with Crippen molar-refractivity contribution in [2.75, 3.05) is 42.8 Å². The quantitative estimate of drug-likeness (QED) is 0.00844. The van der Waals surface area contributed by atoms with Crippen molar-refractivity contribution in [3.8, 4) is 0 Å². The minimum absolute atomic E-state index is 0.000908. The van der Waals surface area contributed by atoms with E-state index in [9.17, 15) is 58.2 Å². The maximum absolute atomic E-state index is 15.0. The van der Waals surface area contributed by atoms with Crippen LogP contribution in [0.4, 0.5) is 11.6 Å². The maximum atomic E-state index is 15.0. The Morgan fingerprint density at radius 2 is 1.47 bits per heavy atom. The number of methoxy groups -OCH3 is 1. The number of hydrogen-bond donors (Lipinski definition) is 14. The summed E-state index contributed by atoms with van der Waals surface area (Å²) in [5, 5.41) is 43.3. The highest BCUT2D eigenvalue weighted by Crippen LogP contribution is 2.48. The number of carboxylic acids is 2. The number of nitrogens with one attached hydrogen (secondary N) is 10. The summed E-state index contributed by atoms with van der Waals surface area (Å²) in [6.07, 6.45) is 1.39. The molecule has 32 heteroatoms. The standard InChI is InChI=1S/C63H73N17O13S2/c1-8-34-26(2)37-21-42-47(30(6)81)28(4)39(72-42)19-38-27(3)35(13-15-46(83)78-62(64)65)51(74-38)49-50(54(84)48-29(5)40(75-52(48)49)20-41(34)71-37)58(87)67-17-18-94-95-25-44(61(91)92)77-57(86)43(24-93-7)73-45(82)16-14-36(60(89)90)76-56(85)31-9-11-32(12-10-31)68-22-33-23-69-55-53(70-33)59(88)80-63(66)79-55/h9-12,19-21,23,26-27,34-36,43-44,50,68,72,75H,8,13-18,22,24-25H2,1-7H3,(H,67,87)(H,73,82)(H,76,85)(H,77,86)(H,89,90)(H,91,92)(H4,64,65,78,83)(H3,66,69,79,80,88)/t26-,27+,34-,35+,36+,43+,44+,50?/m1/s1. The highest BCUT2D eigenvalue weighted by Gasteiger charge is 2.45. The van der Waals surface area contributed by atoms with Crippen molar-refractivity contribution in [3.05, 3.63) is 121 Å². The van der Waals surface area contributed by atoms with E-state index in [0.29, 0.717) is 72.7 Å². The topological polar surface area (TPSA) is 480 Å². The van der Waals surface area contributed by atoms with Crippen molar-refractivity contribution in [1.82, 2.24) is 66.5 Å². The smallest absolute Gasteiger partial charge is 0.327 e. The Morgan fingerprint density at radius 1 is 0.789 bits per heavy atom. The summed E-state index contributed by atoms with van der Waals surface area (Å²) in [4.78, 5) is 165. The van der Waals surface area contributed by atoms with E-state index in [0.717, 1.165) is 28.6 Å². The van der Waals surface area contributed by atoms with Gasteiger partial charge in [0.25, 0.3) is 11.5 Å². The fourth-order valence-corrected chi connectivity index (χ4v) is 14.1. The molecule has 8 bridgehead atoms. The van der Waals surface area contributed by atoms with Crippen LogP contribution in [-0.2, 0) is 40.0 Å². The van der Waals surface area contributed by atoms with E-state index < -0.39 is 114 Å². The molecule has 500 valence electrons. The van der Waals surface area contributed by atoms with Crippen LogP contribution in [0.1, 0.15) is 166 Å². The van der Waals surface area contributed by atoms with Crippen molar-refractivity contribution < 1.29 is 58.1 Å². The van der Waals surface area contributed by atoms with E-state index in [4.69, 9.17) is 31.6 Å². The molecule has 0 radical (unpaired) electrons. The molecule has 0 spiro atoms. The predicted octanol–water partition coefficient (Wildman–Crippen LogP) is 4.47. The van der Waals surface area contributed by atoms with E-state index in [1.807, 2.05) is 32.0 Å². The first kappa shape index (κ1) is 69.3. The van der Waals surface area contributed by atoms with Crippen molar-refractivity contribution in [2.24, 2.45) is 5.73 Å². The number of ketones is 2. The molecule has 2 aliphatic heterocycles. The van der Waals surface area contributed by atoms with Crippen LogP contribution in [0.2, 0.25) is 0 Å². The average Bonchev–Trinajstić information content (AvgIpc) is 1.56. The first-order valence-electron chi connectivity index (χ1n) is 30.5. The van der Waals surface area contributed by atoms with E-state index in [1.54, 1.807) is 19.1 Å². The molecule has 1 aromatic carbocycles. The number of carboxylic acid groups (broad SMARTS) is 2. The highest BCUT2D eigenvalue weighted by atomic mass is 33.1. The van der Waals surface area contributed by atoms with E-state index in [-0.39, 0.29) is 77.7 Å². The molecule has 9 rings (SSSR count). The minimum Gasteiger partial charge on any atom is -0.480 e. The van der Waals surface area contributed by atoms with Gasteiger partial charge in [0.1, 0.15) is 24.0 Å². The minimum atomic E-state index is -1.53. The van der Waals surface area contributed by atoms with Crippen molar-refractivity contribution >= 4 is 125 Å². The van der Waals surface area contributed by atoms with Gasteiger partial charge in [-0.25, -0.2) is 19.6 Å². The van der Waals surface area contributed by atoms with Gasteiger partial charge in [0.05, 0.1) is 41.8 Å². The van der Waals surface area contributed by atoms with Crippen LogP contribution in [0, 0.1) is 19.3 Å². The van der Waals surface area contributed by atoms with Gasteiger partial charge in [0.15, 0.2) is 28.7 Å². The number of fused-ring (bicyclic) bond motifs is 9. The lowest BCUT2D eigenvalue weighted by atomic mass is 9.83. The Morgan fingerprint density at radius 3 is 2.16 bits per heavy atom. The van der Waals surface area contributed by atoms with E-state index in [2.05, 4.69) is 75.7 Å². The van der Waals surface area contributed by atoms with Crippen LogP contribution in [0.5, 0.6) is 0 Å². The SMILES string of the molecule is CC[C@H]1c2cc3[nH]c4c(c3C)C(=O)C(C(=O)NCCSSC[C@H](NC(=O)[C@H](COC)NC(=O)CC[C@H](NC(=O)c3ccc(NCc5cnc6nc(N)[nH]c(=O)c6n5)cc3)C(=O)O)C(=O)O)c4c3nc(cc4[nH]c(cc(n2)[C@@H]1C)c(C(C)=O)c4C)[C@@H](C)[C@@H]3CCC(=O)NC(=N)N. The number of aromatic nitrogens is 8. The largest absolute Gasteiger partial charge is 0.480 e. The number of Topliss-reactive ketones (excluding diaryl/α,β-unsaturated/α-hetero) is 2. The average molecular weight is 1340 g/mol. The number of aryl methyl sites for hydroxylation is 2. The lowest BCUT2D eigenvalue weighted by Gasteiger charge is -2.21. The number of nitrogen functional groups attached to an aromatic ring is 1. The Bertz CT molecular complexity index is 4330. The van der Waals surface area contributed by atoms with Crippen LogP contribution in [0.25, 0.3) is 33.2 Å². The number of aromatic amines is 3. The molecular weight excluding hydrogens is 1270 g/mol. The highest BCUT2D eigenvalue weighted by molar-refractivity contribution is 8.76. The van der Waals surface area contributed by atoms with Crippen LogP contribution >= 0.6 is 21.6 Å². The molecule has 3 aliphatic rings. The molecule has 8 atom stereocenters. The third-order valence-electron chi connectivity index (χ3n) is 17.0. The summed E-state index contributed by atoms with van der Waals surface area (Å²) in [7, 11) is 3.50. The molecule has 0 saturated heterocycles. The molecule has 6 aromatic rings. The second-order valence-corrected chi connectivity index (χ2v) is 26.0. The number of carbonyl (C=O) groups excluding carboxylic acids is 7. The fraction of sp³-hybridized carbons (Fsp3) is 0.397. The van der Waals surface area contributed by atoms with Gasteiger partial charge >= 0.3 is 11.9 Å². The van der Waals surface area contributed by atoms with Crippen molar-refractivity contribution in [2.45, 2.75) is 128 Å². The number of anilines is 2. The first-order valence-corrected chi connectivity index (χ1v) is 32.9. The number of aliphatic carboxylic acids is 2. The Hall–Kier alpha value is -10.1. The summed E-state index contributed by atoms with van der Waals surface area (Å²) >= 11 is 0. The van der Waals surface area contributed by atoms with Crippen molar-refractivity contribution in [3.63, 3.8) is 0 Å². The Labute approximate surface area is 550 Å².